The molecule has 0 aliphatic heterocycles. The van der Waals surface area contributed by atoms with E-state index in [2.05, 4.69) is 4.74 Å². The van der Waals surface area contributed by atoms with Crippen molar-refractivity contribution in [2.24, 2.45) is 5.92 Å². The van der Waals surface area contributed by atoms with Gasteiger partial charge in [-0.2, -0.15) is 0 Å². The van der Waals surface area contributed by atoms with E-state index in [1.165, 1.54) is 6.21 Å². The molecule has 0 aliphatic rings. The highest BCUT2D eigenvalue weighted by atomic mass is 16.5. The minimum atomic E-state index is 0.330. The van der Waals surface area contributed by atoms with Gasteiger partial charge in [0.05, 0.1) is 13.4 Å². The highest BCUT2D eigenvalue weighted by molar-refractivity contribution is 5.56. The molecular formula is C7H13NO. The maximum atomic E-state index is 6.84. The smallest absolute Gasteiger partial charge is 0.0784 e. The van der Waals surface area contributed by atoms with Crippen LogP contribution in [0.1, 0.15) is 13.3 Å². The van der Waals surface area contributed by atoms with Crippen LogP contribution in [0.5, 0.6) is 0 Å². The summed E-state index contributed by atoms with van der Waals surface area (Å²) in [5, 5.41) is 6.84. The fourth-order valence-electron chi connectivity index (χ4n) is 0.434. The molecule has 0 fully saturated rings. The summed E-state index contributed by atoms with van der Waals surface area (Å²) in [6, 6.07) is 0. The van der Waals surface area contributed by atoms with E-state index in [4.69, 9.17) is 5.41 Å². The molecule has 0 spiro atoms. The van der Waals surface area contributed by atoms with Gasteiger partial charge in [-0.25, -0.2) is 0 Å². The van der Waals surface area contributed by atoms with Crippen molar-refractivity contribution in [2.45, 2.75) is 13.3 Å². The maximum Gasteiger partial charge on any atom is 0.0784 e. The first-order valence-corrected chi connectivity index (χ1v) is 2.99. The van der Waals surface area contributed by atoms with Crippen LogP contribution < -0.4 is 0 Å². The van der Waals surface area contributed by atoms with Crippen molar-refractivity contribution in [2.75, 3.05) is 7.11 Å². The molecule has 0 rings (SSSR count). The second-order valence-electron chi connectivity index (χ2n) is 1.99. The third kappa shape index (κ3) is 5.07. The molecule has 0 aliphatic carbocycles. The first-order valence-electron chi connectivity index (χ1n) is 2.99. The van der Waals surface area contributed by atoms with Gasteiger partial charge in [0, 0.05) is 0 Å². The van der Waals surface area contributed by atoms with E-state index in [0.717, 1.165) is 6.42 Å². The van der Waals surface area contributed by atoms with Crippen molar-refractivity contribution < 1.29 is 4.74 Å². The molecule has 0 aromatic rings. The summed E-state index contributed by atoms with van der Waals surface area (Å²) in [5.74, 6) is 0.330. The molecule has 0 aromatic carbocycles. The standard InChI is InChI=1S/C7H13NO/c1-7(6-8)4-3-5-9-2/h3,5-8H,4H2,1-2H3/b5-3+,8-6?. The summed E-state index contributed by atoms with van der Waals surface area (Å²) < 4.78 is 4.68. The Labute approximate surface area is 56.0 Å². The van der Waals surface area contributed by atoms with Crippen LogP contribution >= 0.6 is 0 Å². The van der Waals surface area contributed by atoms with Crippen LogP contribution in [0.15, 0.2) is 12.3 Å². The molecule has 0 saturated carbocycles. The van der Waals surface area contributed by atoms with Gasteiger partial charge in [0.2, 0.25) is 0 Å². The van der Waals surface area contributed by atoms with E-state index in [9.17, 15) is 0 Å². The molecule has 52 valence electrons. The summed E-state index contributed by atoms with van der Waals surface area (Å²) in [6.07, 6.45) is 5.87. The number of methoxy groups -OCH3 is 1. The number of hydrogen-bond donors (Lipinski definition) is 1. The Balaban J connectivity index is 3.25. The number of ether oxygens (including phenoxy) is 1. The Morgan fingerprint density at radius 1 is 1.67 bits per heavy atom. The van der Waals surface area contributed by atoms with Gasteiger partial charge in [0.1, 0.15) is 0 Å². The minimum Gasteiger partial charge on any atom is -0.505 e. The number of hydrogen-bond acceptors (Lipinski definition) is 2. The van der Waals surface area contributed by atoms with Gasteiger partial charge in [-0.15, -0.1) is 0 Å². The van der Waals surface area contributed by atoms with E-state index in [-0.39, 0.29) is 0 Å². The second-order valence-corrected chi connectivity index (χ2v) is 1.99. The molecule has 0 radical (unpaired) electrons. The van der Waals surface area contributed by atoms with Gasteiger partial charge in [-0.1, -0.05) is 6.92 Å². The van der Waals surface area contributed by atoms with Crippen LogP contribution in [0, 0.1) is 11.3 Å². The first-order chi connectivity index (χ1) is 4.31. The second kappa shape index (κ2) is 5.35. The van der Waals surface area contributed by atoms with E-state index in [1.807, 2.05) is 13.0 Å². The molecule has 0 heterocycles. The van der Waals surface area contributed by atoms with E-state index in [0.29, 0.717) is 5.92 Å². The first kappa shape index (κ1) is 8.21. The Bertz CT molecular complexity index is 99.1. The van der Waals surface area contributed by atoms with Gasteiger partial charge >= 0.3 is 0 Å². The summed E-state index contributed by atoms with van der Waals surface area (Å²) >= 11 is 0. The van der Waals surface area contributed by atoms with Crippen molar-refractivity contribution in [1.29, 1.82) is 5.41 Å². The van der Waals surface area contributed by atoms with Gasteiger partial charge < -0.3 is 10.1 Å². The highest BCUT2D eigenvalue weighted by Crippen LogP contribution is 1.97. The molecular weight excluding hydrogens is 114 g/mol. The lowest BCUT2D eigenvalue weighted by atomic mass is 10.1. The lowest BCUT2D eigenvalue weighted by molar-refractivity contribution is 0.336. The highest BCUT2D eigenvalue weighted by Gasteiger charge is 1.90. The van der Waals surface area contributed by atoms with Gasteiger partial charge in [-0.05, 0) is 24.6 Å². The van der Waals surface area contributed by atoms with Crippen LogP contribution in [-0.2, 0) is 4.74 Å². The topological polar surface area (TPSA) is 33.1 Å². The monoisotopic (exact) mass is 127 g/mol. The zero-order valence-corrected chi connectivity index (χ0v) is 5.92. The van der Waals surface area contributed by atoms with Crippen molar-refractivity contribution in [3.63, 3.8) is 0 Å². The van der Waals surface area contributed by atoms with Gasteiger partial charge in [-0.3, -0.25) is 0 Å². The predicted molar refractivity (Wildman–Crippen MR) is 38.7 cm³/mol. The average Bonchev–Trinajstić information content (AvgIpc) is 1.89. The Hall–Kier alpha value is -0.790. The molecule has 2 heteroatoms. The molecule has 0 saturated heterocycles. The zero-order chi connectivity index (χ0) is 7.11. The van der Waals surface area contributed by atoms with Crippen LogP contribution in [0.4, 0.5) is 0 Å². The van der Waals surface area contributed by atoms with Crippen molar-refractivity contribution in [3.8, 4) is 0 Å². The molecule has 1 N–H and O–H groups in total. The largest absolute Gasteiger partial charge is 0.505 e. The molecule has 1 atom stereocenters. The van der Waals surface area contributed by atoms with Crippen molar-refractivity contribution >= 4 is 6.21 Å². The molecule has 0 bridgehead atoms. The SMILES string of the molecule is CO/C=C/CC(C)C=N. The molecule has 1 unspecified atom stereocenters. The Morgan fingerprint density at radius 3 is 2.78 bits per heavy atom. The summed E-state index contributed by atoms with van der Waals surface area (Å²) in [5.41, 5.74) is 0. The Morgan fingerprint density at radius 2 is 2.33 bits per heavy atom. The fraction of sp³-hybridized carbons (Fsp3) is 0.571. The van der Waals surface area contributed by atoms with Crippen LogP contribution in [0.3, 0.4) is 0 Å². The number of rotatable bonds is 4. The van der Waals surface area contributed by atoms with Gasteiger partial charge in [0.25, 0.3) is 0 Å². The molecule has 0 aromatic heterocycles. The summed E-state index contributed by atoms with van der Waals surface area (Å²) in [7, 11) is 1.62. The quantitative estimate of drug-likeness (QED) is 0.453. The molecule has 2 nitrogen and oxygen atoms in total. The summed E-state index contributed by atoms with van der Waals surface area (Å²) in [4.78, 5) is 0. The third-order valence-corrected chi connectivity index (χ3v) is 1.02. The van der Waals surface area contributed by atoms with Crippen LogP contribution in [-0.4, -0.2) is 13.3 Å². The zero-order valence-electron chi connectivity index (χ0n) is 5.92. The van der Waals surface area contributed by atoms with Gasteiger partial charge in [0.15, 0.2) is 0 Å². The minimum absolute atomic E-state index is 0.330. The van der Waals surface area contributed by atoms with Crippen LogP contribution in [0.2, 0.25) is 0 Å². The fourth-order valence-corrected chi connectivity index (χ4v) is 0.434. The Kier molecular flexibility index (Phi) is 4.88. The molecule has 9 heavy (non-hydrogen) atoms. The maximum absolute atomic E-state index is 6.84. The van der Waals surface area contributed by atoms with E-state index < -0.39 is 0 Å². The normalized spacial score (nSPS) is 13.6. The van der Waals surface area contributed by atoms with Crippen LogP contribution in [0.25, 0.3) is 0 Å². The average molecular weight is 127 g/mol. The van der Waals surface area contributed by atoms with Crippen molar-refractivity contribution in [1.82, 2.24) is 0 Å². The number of allylic oxidation sites excluding steroid dienone is 1. The predicted octanol–water partition coefficient (Wildman–Crippen LogP) is 1.82. The van der Waals surface area contributed by atoms with Crippen molar-refractivity contribution in [3.05, 3.63) is 12.3 Å². The number of nitrogens with one attached hydrogen (secondary N) is 1. The lowest BCUT2D eigenvalue weighted by Gasteiger charge is -1.96. The third-order valence-electron chi connectivity index (χ3n) is 1.02. The lowest BCUT2D eigenvalue weighted by Crippen LogP contribution is -1.90. The molecule has 0 amide bonds. The summed E-state index contributed by atoms with van der Waals surface area (Å²) in [6.45, 7) is 1.99. The van der Waals surface area contributed by atoms with E-state index in [1.54, 1.807) is 13.4 Å². The van der Waals surface area contributed by atoms with E-state index >= 15 is 0 Å².